The summed E-state index contributed by atoms with van der Waals surface area (Å²) in [6.45, 7) is 3.45. The van der Waals surface area contributed by atoms with E-state index in [4.69, 9.17) is 5.73 Å². The van der Waals surface area contributed by atoms with Gasteiger partial charge >= 0.3 is 6.18 Å². The minimum absolute atomic E-state index is 0.122. The van der Waals surface area contributed by atoms with Crippen LogP contribution in [0.15, 0.2) is 0 Å². The van der Waals surface area contributed by atoms with Gasteiger partial charge in [0.2, 0.25) is 0 Å². The molecule has 114 valence electrons. The monoisotopic (exact) mass is 282 g/mol. The first kappa shape index (κ1) is 16.7. The number of hydrogen-bond donors (Lipinski definition) is 2. The van der Waals surface area contributed by atoms with Crippen LogP contribution >= 0.6 is 0 Å². The zero-order chi connectivity index (χ0) is 14.5. The lowest BCUT2D eigenvalue weighted by atomic mass is 9.96. The molecule has 3 nitrogen and oxygen atoms in total. The van der Waals surface area contributed by atoms with Crippen molar-refractivity contribution in [1.82, 2.24) is 4.90 Å². The first-order chi connectivity index (χ1) is 8.74. The summed E-state index contributed by atoms with van der Waals surface area (Å²) in [5.41, 5.74) is 4.56. The Hall–Kier alpha value is -0.330. The molecule has 1 heterocycles. The van der Waals surface area contributed by atoms with Crippen molar-refractivity contribution in [3.63, 3.8) is 0 Å². The minimum Gasteiger partial charge on any atom is -0.389 e. The number of nitrogens with zero attached hydrogens (tertiary/aromatic N) is 1. The molecule has 3 N–H and O–H groups in total. The van der Waals surface area contributed by atoms with Crippen LogP contribution in [0.25, 0.3) is 0 Å². The minimum atomic E-state index is -4.07. The molecule has 0 aromatic carbocycles. The lowest BCUT2D eigenvalue weighted by Gasteiger charge is -2.33. The number of nitrogens with two attached hydrogens (primary N) is 1. The van der Waals surface area contributed by atoms with Crippen LogP contribution in [0.1, 0.15) is 39.0 Å². The molecule has 2 atom stereocenters. The molecule has 0 saturated carbocycles. The van der Waals surface area contributed by atoms with Crippen molar-refractivity contribution in [2.24, 2.45) is 11.7 Å². The summed E-state index contributed by atoms with van der Waals surface area (Å²) in [4.78, 5) is 1.89. The Morgan fingerprint density at radius 2 is 2.00 bits per heavy atom. The maximum absolute atomic E-state index is 12.6. The Bertz CT molecular complexity index is 269. The highest BCUT2D eigenvalue weighted by atomic mass is 19.4. The van der Waals surface area contributed by atoms with Gasteiger partial charge in [-0.1, -0.05) is 0 Å². The highest BCUT2D eigenvalue weighted by molar-refractivity contribution is 4.78. The summed E-state index contributed by atoms with van der Waals surface area (Å²) in [6, 6.07) is 0. The normalized spacial score (nSPS) is 25.3. The number of piperidine rings is 1. The van der Waals surface area contributed by atoms with E-state index < -0.39 is 17.7 Å². The molecule has 1 fully saturated rings. The van der Waals surface area contributed by atoms with E-state index in [1.165, 1.54) is 0 Å². The summed E-state index contributed by atoms with van der Waals surface area (Å²) in [6.07, 6.45) is -1.01. The molecule has 0 amide bonds. The summed E-state index contributed by atoms with van der Waals surface area (Å²) >= 11 is 0. The summed E-state index contributed by atoms with van der Waals surface area (Å²) in [5.74, 6) is -1.17. The Kier molecular flexibility index (Phi) is 6.08. The largest absolute Gasteiger partial charge is 0.393 e. The van der Waals surface area contributed by atoms with Crippen LogP contribution in [0.5, 0.6) is 0 Å². The fourth-order valence-corrected chi connectivity index (χ4v) is 2.47. The van der Waals surface area contributed by atoms with Gasteiger partial charge in [0.15, 0.2) is 0 Å². The van der Waals surface area contributed by atoms with Crippen molar-refractivity contribution < 1.29 is 18.3 Å². The van der Waals surface area contributed by atoms with E-state index in [-0.39, 0.29) is 19.5 Å². The van der Waals surface area contributed by atoms with E-state index in [0.29, 0.717) is 19.4 Å². The van der Waals surface area contributed by atoms with Crippen LogP contribution in [-0.2, 0) is 0 Å². The number of alkyl halides is 3. The van der Waals surface area contributed by atoms with Crippen molar-refractivity contribution in [2.75, 3.05) is 26.2 Å². The molecule has 1 saturated heterocycles. The van der Waals surface area contributed by atoms with E-state index >= 15 is 0 Å². The molecule has 1 rings (SSSR count). The number of unbranched alkanes of at least 4 members (excludes halogenated alkanes) is 1. The third-order valence-electron chi connectivity index (χ3n) is 3.85. The fourth-order valence-electron chi connectivity index (χ4n) is 2.47. The lowest BCUT2D eigenvalue weighted by Crippen LogP contribution is -2.42. The van der Waals surface area contributed by atoms with Gasteiger partial charge in [0, 0.05) is 13.1 Å². The van der Waals surface area contributed by atoms with Gasteiger partial charge in [-0.2, -0.15) is 13.2 Å². The van der Waals surface area contributed by atoms with Gasteiger partial charge in [0.05, 0.1) is 11.5 Å². The molecule has 0 bridgehead atoms. The average Bonchev–Trinajstić information content (AvgIpc) is 2.34. The van der Waals surface area contributed by atoms with Crippen molar-refractivity contribution in [2.45, 2.75) is 50.8 Å². The van der Waals surface area contributed by atoms with Crippen LogP contribution in [0.2, 0.25) is 0 Å². The lowest BCUT2D eigenvalue weighted by molar-refractivity contribution is -0.186. The van der Waals surface area contributed by atoms with Crippen molar-refractivity contribution >= 4 is 0 Å². The molecule has 0 radical (unpaired) electrons. The van der Waals surface area contributed by atoms with Crippen molar-refractivity contribution in [1.29, 1.82) is 0 Å². The number of hydrogen-bond acceptors (Lipinski definition) is 3. The third-order valence-corrected chi connectivity index (χ3v) is 3.85. The molecule has 6 heteroatoms. The highest BCUT2D eigenvalue weighted by Gasteiger charge is 2.41. The third kappa shape index (κ3) is 6.10. The average molecular weight is 282 g/mol. The molecule has 0 aromatic rings. The quantitative estimate of drug-likeness (QED) is 0.734. The second-order valence-corrected chi connectivity index (χ2v) is 5.84. The fraction of sp³-hybridized carbons (Fsp3) is 1.00. The van der Waals surface area contributed by atoms with Crippen molar-refractivity contribution in [3.8, 4) is 0 Å². The Morgan fingerprint density at radius 3 is 2.58 bits per heavy atom. The topological polar surface area (TPSA) is 49.5 Å². The van der Waals surface area contributed by atoms with Crippen LogP contribution in [0.3, 0.4) is 0 Å². The number of aliphatic hydroxyl groups is 1. The number of likely N-dealkylation sites (tertiary alicyclic amines) is 1. The molecule has 2 unspecified atom stereocenters. The summed E-state index contributed by atoms with van der Waals surface area (Å²) in [5, 5.41) is 9.72. The van der Waals surface area contributed by atoms with Crippen LogP contribution in [0, 0.1) is 5.92 Å². The predicted octanol–water partition coefficient (Wildman–Crippen LogP) is 2.14. The predicted molar refractivity (Wildman–Crippen MR) is 68.7 cm³/mol. The first-order valence-electron chi connectivity index (χ1n) is 6.96. The standard InChI is InChI=1S/C13H25F3N2O/c1-12(19,10-17)6-2-3-7-18-8-4-5-11(9-18)13(14,15)16/h11,19H,2-10,17H2,1H3. The van der Waals surface area contributed by atoms with Gasteiger partial charge in [0.1, 0.15) is 0 Å². The molecular formula is C13H25F3N2O. The highest BCUT2D eigenvalue weighted by Crippen LogP contribution is 2.33. The van der Waals surface area contributed by atoms with Crippen LogP contribution in [-0.4, -0.2) is 48.0 Å². The molecule has 0 spiro atoms. The van der Waals surface area contributed by atoms with Gasteiger partial charge in [-0.15, -0.1) is 0 Å². The van der Waals surface area contributed by atoms with Gasteiger partial charge in [-0.25, -0.2) is 0 Å². The summed E-state index contributed by atoms with van der Waals surface area (Å²) in [7, 11) is 0. The smallest absolute Gasteiger partial charge is 0.389 e. The Balaban J connectivity index is 2.23. The number of rotatable bonds is 6. The molecular weight excluding hydrogens is 257 g/mol. The number of halogens is 3. The zero-order valence-electron chi connectivity index (χ0n) is 11.5. The van der Waals surface area contributed by atoms with Crippen LogP contribution < -0.4 is 5.73 Å². The molecule has 1 aliphatic heterocycles. The van der Waals surface area contributed by atoms with E-state index in [2.05, 4.69) is 0 Å². The Labute approximate surface area is 113 Å². The van der Waals surface area contributed by atoms with Gasteiger partial charge in [-0.3, -0.25) is 0 Å². The van der Waals surface area contributed by atoms with E-state index in [1.54, 1.807) is 6.92 Å². The maximum Gasteiger partial charge on any atom is 0.393 e. The second kappa shape index (κ2) is 6.90. The van der Waals surface area contributed by atoms with Gasteiger partial charge in [-0.05, 0) is 52.1 Å². The van der Waals surface area contributed by atoms with E-state index in [9.17, 15) is 18.3 Å². The van der Waals surface area contributed by atoms with E-state index in [1.807, 2.05) is 4.90 Å². The maximum atomic E-state index is 12.6. The van der Waals surface area contributed by atoms with E-state index in [0.717, 1.165) is 19.4 Å². The molecule has 1 aliphatic rings. The second-order valence-electron chi connectivity index (χ2n) is 5.84. The molecule has 19 heavy (non-hydrogen) atoms. The zero-order valence-corrected chi connectivity index (χ0v) is 11.5. The Morgan fingerprint density at radius 1 is 1.32 bits per heavy atom. The summed E-state index contributed by atoms with van der Waals surface area (Å²) < 4.78 is 37.9. The molecule has 0 aliphatic carbocycles. The molecule has 0 aromatic heterocycles. The van der Waals surface area contributed by atoms with Gasteiger partial charge < -0.3 is 15.7 Å². The first-order valence-corrected chi connectivity index (χ1v) is 6.96. The van der Waals surface area contributed by atoms with Crippen molar-refractivity contribution in [3.05, 3.63) is 0 Å². The van der Waals surface area contributed by atoms with Gasteiger partial charge in [0.25, 0.3) is 0 Å². The van der Waals surface area contributed by atoms with Crippen LogP contribution in [0.4, 0.5) is 13.2 Å². The SMILES string of the molecule is CC(O)(CN)CCCCN1CCCC(C(F)(F)F)C1.